The Kier molecular flexibility index (Phi) is 6.15. The molecule has 0 fully saturated rings. The summed E-state index contributed by atoms with van der Waals surface area (Å²) in [5.74, 6) is 0.562. The number of hydrogen-bond donors (Lipinski definition) is 1. The van der Waals surface area contributed by atoms with Gasteiger partial charge in [0.1, 0.15) is 5.75 Å². The molecule has 0 aliphatic heterocycles. The van der Waals surface area contributed by atoms with Gasteiger partial charge in [0.25, 0.3) is 0 Å². The Balaban J connectivity index is 2.62. The first-order valence-corrected chi connectivity index (χ1v) is 6.53. The number of carbonyl (C=O) groups excluding carboxylic acids is 1. The standard InChI is InChI=1S/C13H18BrNO3/c1-17-12-7-6-9(14)8-10(12)11(15)4-3-5-13(16)18-2/h6-8,11H,3-5,15H2,1-2H3. The molecule has 1 atom stereocenters. The summed E-state index contributed by atoms with van der Waals surface area (Å²) in [7, 11) is 3.01. The fourth-order valence-electron chi connectivity index (χ4n) is 1.72. The van der Waals surface area contributed by atoms with Crippen molar-refractivity contribution in [3.8, 4) is 5.75 Å². The van der Waals surface area contributed by atoms with E-state index in [9.17, 15) is 4.79 Å². The highest BCUT2D eigenvalue weighted by atomic mass is 79.9. The van der Waals surface area contributed by atoms with Gasteiger partial charge in [-0.25, -0.2) is 0 Å². The first-order chi connectivity index (χ1) is 8.58. The third-order valence-electron chi connectivity index (χ3n) is 2.71. The summed E-state index contributed by atoms with van der Waals surface area (Å²) in [5, 5.41) is 0. The maximum Gasteiger partial charge on any atom is 0.305 e. The molecule has 0 saturated heterocycles. The Labute approximate surface area is 116 Å². The van der Waals surface area contributed by atoms with Gasteiger partial charge in [0, 0.05) is 22.5 Å². The molecule has 0 bridgehead atoms. The number of benzene rings is 1. The molecule has 4 nitrogen and oxygen atoms in total. The second-order valence-corrected chi connectivity index (χ2v) is 4.88. The molecule has 0 aliphatic carbocycles. The second-order valence-electron chi connectivity index (χ2n) is 3.96. The van der Waals surface area contributed by atoms with Crippen LogP contribution in [0.15, 0.2) is 22.7 Å². The molecule has 1 aromatic carbocycles. The van der Waals surface area contributed by atoms with E-state index in [1.807, 2.05) is 18.2 Å². The lowest BCUT2D eigenvalue weighted by molar-refractivity contribution is -0.140. The van der Waals surface area contributed by atoms with Crippen LogP contribution in [0, 0.1) is 0 Å². The molecule has 2 N–H and O–H groups in total. The third kappa shape index (κ3) is 4.31. The summed E-state index contributed by atoms with van der Waals surface area (Å²) in [5.41, 5.74) is 7.06. The predicted molar refractivity (Wildman–Crippen MR) is 73.5 cm³/mol. The van der Waals surface area contributed by atoms with Gasteiger partial charge in [-0.15, -0.1) is 0 Å². The Morgan fingerprint density at radius 1 is 1.44 bits per heavy atom. The fraction of sp³-hybridized carbons (Fsp3) is 0.462. The minimum absolute atomic E-state index is 0.151. The molecular weight excluding hydrogens is 298 g/mol. The molecule has 100 valence electrons. The summed E-state index contributed by atoms with van der Waals surface area (Å²) >= 11 is 3.41. The number of carbonyl (C=O) groups is 1. The topological polar surface area (TPSA) is 61.5 Å². The van der Waals surface area contributed by atoms with Crippen LogP contribution in [0.25, 0.3) is 0 Å². The van der Waals surface area contributed by atoms with Crippen molar-refractivity contribution in [1.29, 1.82) is 0 Å². The molecule has 0 saturated carbocycles. The molecule has 0 spiro atoms. The van der Waals surface area contributed by atoms with Crippen LogP contribution in [0.4, 0.5) is 0 Å². The van der Waals surface area contributed by atoms with Crippen LogP contribution in [0.3, 0.4) is 0 Å². The van der Waals surface area contributed by atoms with E-state index in [4.69, 9.17) is 10.5 Å². The van der Waals surface area contributed by atoms with Crippen LogP contribution in [0.2, 0.25) is 0 Å². The van der Waals surface area contributed by atoms with Gasteiger partial charge in [-0.3, -0.25) is 4.79 Å². The molecule has 18 heavy (non-hydrogen) atoms. The van der Waals surface area contributed by atoms with Crippen molar-refractivity contribution < 1.29 is 14.3 Å². The van der Waals surface area contributed by atoms with Crippen LogP contribution >= 0.6 is 15.9 Å². The number of esters is 1. The van der Waals surface area contributed by atoms with E-state index in [0.29, 0.717) is 19.3 Å². The van der Waals surface area contributed by atoms with Gasteiger partial charge in [0.2, 0.25) is 0 Å². The lowest BCUT2D eigenvalue weighted by Crippen LogP contribution is -2.12. The molecular formula is C13H18BrNO3. The quantitative estimate of drug-likeness (QED) is 0.820. The summed E-state index contributed by atoms with van der Waals surface area (Å²) in [6.45, 7) is 0. The first-order valence-electron chi connectivity index (χ1n) is 5.74. The highest BCUT2D eigenvalue weighted by molar-refractivity contribution is 9.10. The summed E-state index contributed by atoms with van der Waals surface area (Å²) < 4.78 is 10.8. The van der Waals surface area contributed by atoms with Crippen molar-refractivity contribution >= 4 is 21.9 Å². The number of nitrogens with two attached hydrogens (primary N) is 1. The maximum atomic E-state index is 11.0. The maximum absolute atomic E-state index is 11.0. The lowest BCUT2D eigenvalue weighted by atomic mass is 10.0. The number of hydrogen-bond acceptors (Lipinski definition) is 4. The van der Waals surface area contributed by atoms with Crippen molar-refractivity contribution in [1.82, 2.24) is 0 Å². The van der Waals surface area contributed by atoms with Crippen LogP contribution in [-0.2, 0) is 9.53 Å². The van der Waals surface area contributed by atoms with Crippen molar-refractivity contribution in [3.63, 3.8) is 0 Å². The smallest absolute Gasteiger partial charge is 0.305 e. The number of halogens is 1. The fourth-order valence-corrected chi connectivity index (χ4v) is 2.10. The van der Waals surface area contributed by atoms with Crippen LogP contribution in [0.5, 0.6) is 5.75 Å². The van der Waals surface area contributed by atoms with E-state index in [1.54, 1.807) is 7.11 Å². The van der Waals surface area contributed by atoms with Crippen LogP contribution in [0.1, 0.15) is 30.9 Å². The molecule has 5 heteroatoms. The van der Waals surface area contributed by atoms with Gasteiger partial charge in [0.15, 0.2) is 0 Å². The molecule has 0 aliphatic rings. The van der Waals surface area contributed by atoms with Gasteiger partial charge in [-0.1, -0.05) is 15.9 Å². The minimum atomic E-state index is -0.205. The van der Waals surface area contributed by atoms with E-state index in [1.165, 1.54) is 7.11 Å². The number of ether oxygens (including phenoxy) is 2. The SMILES string of the molecule is COC(=O)CCCC(N)c1cc(Br)ccc1OC. The average molecular weight is 316 g/mol. The predicted octanol–water partition coefficient (Wildman–Crippen LogP) is 2.80. The Morgan fingerprint density at radius 2 is 2.17 bits per heavy atom. The largest absolute Gasteiger partial charge is 0.496 e. The van der Waals surface area contributed by atoms with Crippen LogP contribution < -0.4 is 10.5 Å². The van der Waals surface area contributed by atoms with E-state index >= 15 is 0 Å². The molecule has 0 radical (unpaired) electrons. The van der Waals surface area contributed by atoms with Crippen LogP contribution in [-0.4, -0.2) is 20.2 Å². The minimum Gasteiger partial charge on any atom is -0.496 e. The lowest BCUT2D eigenvalue weighted by Gasteiger charge is -2.15. The van der Waals surface area contributed by atoms with Crippen molar-refractivity contribution in [2.75, 3.05) is 14.2 Å². The Bertz CT molecular complexity index is 409. The van der Waals surface area contributed by atoms with Gasteiger partial charge in [-0.05, 0) is 31.0 Å². The van der Waals surface area contributed by atoms with Gasteiger partial charge in [0.05, 0.1) is 14.2 Å². The Hall–Kier alpha value is -1.07. The van der Waals surface area contributed by atoms with E-state index < -0.39 is 0 Å². The molecule has 0 heterocycles. The van der Waals surface area contributed by atoms with Crippen molar-refractivity contribution in [2.45, 2.75) is 25.3 Å². The highest BCUT2D eigenvalue weighted by Gasteiger charge is 2.13. The highest BCUT2D eigenvalue weighted by Crippen LogP contribution is 2.29. The van der Waals surface area contributed by atoms with Gasteiger partial charge < -0.3 is 15.2 Å². The molecule has 0 amide bonds. The zero-order valence-corrected chi connectivity index (χ0v) is 12.2. The van der Waals surface area contributed by atoms with Crippen molar-refractivity contribution in [2.24, 2.45) is 5.73 Å². The van der Waals surface area contributed by atoms with Crippen molar-refractivity contribution in [3.05, 3.63) is 28.2 Å². The molecule has 1 rings (SSSR count). The van der Waals surface area contributed by atoms with E-state index in [-0.39, 0.29) is 12.0 Å². The molecule has 1 aromatic rings. The Morgan fingerprint density at radius 3 is 2.78 bits per heavy atom. The first kappa shape index (κ1) is 15.0. The summed E-state index contributed by atoms with van der Waals surface area (Å²) in [6, 6.07) is 5.58. The second kappa shape index (κ2) is 7.38. The third-order valence-corrected chi connectivity index (χ3v) is 3.21. The van der Waals surface area contributed by atoms with E-state index in [0.717, 1.165) is 15.8 Å². The molecule has 1 unspecified atom stereocenters. The average Bonchev–Trinajstić information content (AvgIpc) is 2.38. The monoisotopic (exact) mass is 315 g/mol. The normalized spacial score (nSPS) is 12.0. The number of methoxy groups -OCH3 is 2. The van der Waals surface area contributed by atoms with Gasteiger partial charge in [-0.2, -0.15) is 0 Å². The zero-order chi connectivity index (χ0) is 13.5. The number of rotatable bonds is 6. The zero-order valence-electron chi connectivity index (χ0n) is 10.6. The summed E-state index contributed by atoms with van der Waals surface area (Å²) in [6.07, 6.45) is 1.80. The van der Waals surface area contributed by atoms with E-state index in [2.05, 4.69) is 20.7 Å². The van der Waals surface area contributed by atoms with Gasteiger partial charge >= 0.3 is 5.97 Å². The summed E-state index contributed by atoms with van der Waals surface area (Å²) in [4.78, 5) is 11.0. The molecule has 0 aromatic heterocycles.